The van der Waals surface area contributed by atoms with Crippen LogP contribution in [0.1, 0.15) is 41.4 Å². The Bertz CT molecular complexity index is 1530. The highest BCUT2D eigenvalue weighted by molar-refractivity contribution is 7.98. The minimum Gasteiger partial charge on any atom is -0.492 e. The third-order valence-electron chi connectivity index (χ3n) is 6.20. The number of amides is 1. The molecule has 1 unspecified atom stereocenters. The largest absolute Gasteiger partial charge is 0.492 e. The van der Waals surface area contributed by atoms with E-state index in [0.29, 0.717) is 51.7 Å². The van der Waals surface area contributed by atoms with Gasteiger partial charge < -0.3 is 20.5 Å². The molecular weight excluding hydrogens is 514 g/mol. The van der Waals surface area contributed by atoms with Crippen molar-refractivity contribution in [3.8, 4) is 5.75 Å². The molecule has 2 heterocycles. The molecule has 9 nitrogen and oxygen atoms in total. The normalized spacial score (nSPS) is 14.4. The summed E-state index contributed by atoms with van der Waals surface area (Å²) in [4.78, 5) is 29.9. The summed E-state index contributed by atoms with van der Waals surface area (Å²) in [6, 6.07) is 23.1. The number of aromatic nitrogens is 3. The van der Waals surface area contributed by atoms with Crippen molar-refractivity contribution in [1.29, 1.82) is 0 Å². The Kier molecular flexibility index (Phi) is 7.64. The fraction of sp³-hybridized carbons (Fsp3) is 0.172. The maximum absolute atomic E-state index is 13.8. The number of nitrogens with zero attached hydrogens (tertiary/aromatic N) is 3. The van der Waals surface area contributed by atoms with Crippen LogP contribution in [0.5, 0.6) is 5.75 Å². The van der Waals surface area contributed by atoms with E-state index in [1.54, 1.807) is 28.9 Å². The van der Waals surface area contributed by atoms with Gasteiger partial charge in [-0.3, -0.25) is 4.79 Å². The van der Waals surface area contributed by atoms with E-state index in [2.05, 4.69) is 15.6 Å². The van der Waals surface area contributed by atoms with Gasteiger partial charge in [0.1, 0.15) is 11.8 Å². The van der Waals surface area contributed by atoms with Gasteiger partial charge in [0.25, 0.3) is 5.91 Å². The van der Waals surface area contributed by atoms with E-state index >= 15 is 0 Å². The molecule has 1 amide bonds. The number of hydrogen-bond acceptors (Lipinski definition) is 7. The van der Waals surface area contributed by atoms with Crippen molar-refractivity contribution in [3.63, 3.8) is 0 Å². The Morgan fingerprint density at radius 1 is 1.05 bits per heavy atom. The van der Waals surface area contributed by atoms with E-state index < -0.39 is 12.0 Å². The summed E-state index contributed by atoms with van der Waals surface area (Å²) in [5.74, 6) is 0.403. The van der Waals surface area contributed by atoms with Crippen LogP contribution in [0.2, 0.25) is 0 Å². The summed E-state index contributed by atoms with van der Waals surface area (Å²) >= 11 is 1.50. The third kappa shape index (κ3) is 5.65. The van der Waals surface area contributed by atoms with Crippen LogP contribution in [0.4, 0.5) is 11.6 Å². The van der Waals surface area contributed by atoms with Gasteiger partial charge in [0, 0.05) is 11.4 Å². The van der Waals surface area contributed by atoms with Gasteiger partial charge in [0.2, 0.25) is 11.1 Å². The molecule has 10 heteroatoms. The quantitative estimate of drug-likeness (QED) is 0.235. The minimum absolute atomic E-state index is 0.156. The molecule has 0 bridgehead atoms. The molecule has 0 radical (unpaired) electrons. The highest BCUT2D eigenvalue weighted by Gasteiger charge is 2.34. The molecular formula is C29H27N5O4S. The van der Waals surface area contributed by atoms with Crippen LogP contribution in [-0.4, -0.2) is 38.4 Å². The lowest BCUT2D eigenvalue weighted by Crippen LogP contribution is -2.31. The molecule has 1 aromatic heterocycles. The molecule has 3 N–H and O–H groups in total. The molecule has 39 heavy (non-hydrogen) atoms. The number of fused-ring (bicyclic) bond motifs is 1. The van der Waals surface area contributed by atoms with Crippen LogP contribution in [0.25, 0.3) is 0 Å². The number of ether oxygens (including phenoxy) is 1. The summed E-state index contributed by atoms with van der Waals surface area (Å²) in [5.41, 5.74) is 3.60. The first-order valence-electron chi connectivity index (χ1n) is 12.4. The minimum atomic E-state index is -1.02. The summed E-state index contributed by atoms with van der Waals surface area (Å²) in [6.07, 6.45) is 0. The highest BCUT2D eigenvalue weighted by atomic mass is 32.2. The number of allylic oxidation sites excluding steroid dienone is 1. The lowest BCUT2D eigenvalue weighted by molar-refractivity contribution is -0.113. The number of carboxylic acid groups (broad SMARTS) is 1. The summed E-state index contributed by atoms with van der Waals surface area (Å²) in [5, 5.41) is 20.9. The molecule has 1 atom stereocenters. The van der Waals surface area contributed by atoms with Crippen molar-refractivity contribution >= 4 is 35.3 Å². The number of anilines is 2. The van der Waals surface area contributed by atoms with Gasteiger partial charge in [0.05, 0.1) is 23.4 Å². The topological polar surface area (TPSA) is 118 Å². The summed E-state index contributed by atoms with van der Waals surface area (Å²) < 4.78 is 7.37. The first-order valence-corrected chi connectivity index (χ1v) is 13.4. The number of aromatic carboxylic acids is 1. The lowest BCUT2D eigenvalue weighted by atomic mass is 9.94. The van der Waals surface area contributed by atoms with E-state index in [1.807, 2.05) is 56.3 Å². The molecule has 4 aromatic rings. The highest BCUT2D eigenvalue weighted by Crippen LogP contribution is 2.37. The van der Waals surface area contributed by atoms with E-state index in [9.17, 15) is 14.7 Å². The van der Waals surface area contributed by atoms with E-state index in [4.69, 9.17) is 9.84 Å². The van der Waals surface area contributed by atoms with Crippen LogP contribution < -0.4 is 15.4 Å². The Hall–Kier alpha value is -4.57. The summed E-state index contributed by atoms with van der Waals surface area (Å²) in [6.45, 7) is 4.16. The van der Waals surface area contributed by atoms with Crippen LogP contribution in [-0.2, 0) is 10.5 Å². The first kappa shape index (κ1) is 26.1. The fourth-order valence-electron chi connectivity index (χ4n) is 4.37. The standard InChI is InChI=1S/C29H27N5O4S/c1-3-38-23-12-8-7-11-22(23)31-26(35)24-18(2)30-28-32-29(39-17-19-9-5-4-6-10-19)33-34(28)25(24)20-13-15-21(16-14-20)27(36)37/h4-16,25H,3,17H2,1-2H3,(H,31,35)(H,36,37)(H,30,32,33). The van der Waals surface area contributed by atoms with Crippen molar-refractivity contribution in [1.82, 2.24) is 14.8 Å². The SMILES string of the molecule is CCOc1ccccc1NC(=O)C1=C(C)Nc2nc(SCc3ccccc3)nn2C1c1ccc(C(=O)O)cc1. The first-order chi connectivity index (χ1) is 18.9. The average Bonchev–Trinajstić information content (AvgIpc) is 3.35. The maximum Gasteiger partial charge on any atom is 0.335 e. The van der Waals surface area contributed by atoms with Gasteiger partial charge in [-0.25, -0.2) is 9.48 Å². The second kappa shape index (κ2) is 11.4. The van der Waals surface area contributed by atoms with Gasteiger partial charge in [-0.05, 0) is 49.2 Å². The number of carboxylic acids is 1. The molecule has 0 saturated carbocycles. The van der Waals surface area contributed by atoms with E-state index in [-0.39, 0.29) is 11.5 Å². The van der Waals surface area contributed by atoms with Crippen molar-refractivity contribution in [3.05, 3.63) is 107 Å². The van der Waals surface area contributed by atoms with Crippen LogP contribution >= 0.6 is 11.8 Å². The number of nitrogens with one attached hydrogen (secondary N) is 2. The second-order valence-electron chi connectivity index (χ2n) is 8.81. The van der Waals surface area contributed by atoms with Gasteiger partial charge in [-0.15, -0.1) is 5.10 Å². The van der Waals surface area contributed by atoms with Crippen molar-refractivity contribution < 1.29 is 19.4 Å². The average molecular weight is 542 g/mol. The second-order valence-corrected chi connectivity index (χ2v) is 9.76. The number of rotatable bonds is 9. The number of benzene rings is 3. The van der Waals surface area contributed by atoms with Crippen LogP contribution in [0.3, 0.4) is 0 Å². The van der Waals surface area contributed by atoms with Gasteiger partial charge in [0.15, 0.2) is 0 Å². The monoisotopic (exact) mass is 541 g/mol. The summed E-state index contributed by atoms with van der Waals surface area (Å²) in [7, 11) is 0. The molecule has 0 spiro atoms. The van der Waals surface area contributed by atoms with Crippen molar-refractivity contribution in [2.75, 3.05) is 17.2 Å². The number of hydrogen-bond donors (Lipinski definition) is 3. The van der Waals surface area contributed by atoms with Gasteiger partial charge >= 0.3 is 5.97 Å². The number of carbonyl (C=O) groups is 2. The van der Waals surface area contributed by atoms with Gasteiger partial charge in [-0.1, -0.05) is 66.4 Å². The van der Waals surface area contributed by atoms with E-state index in [1.165, 1.54) is 23.9 Å². The fourth-order valence-corrected chi connectivity index (χ4v) is 5.15. The van der Waals surface area contributed by atoms with E-state index in [0.717, 1.165) is 5.56 Å². The Morgan fingerprint density at radius 2 is 1.77 bits per heavy atom. The molecule has 0 fully saturated rings. The maximum atomic E-state index is 13.8. The third-order valence-corrected chi connectivity index (χ3v) is 7.11. The molecule has 1 aliphatic rings. The Labute approximate surface area is 229 Å². The lowest BCUT2D eigenvalue weighted by Gasteiger charge is -2.29. The smallest absolute Gasteiger partial charge is 0.335 e. The molecule has 1 aliphatic heterocycles. The Balaban J connectivity index is 1.51. The zero-order chi connectivity index (χ0) is 27.4. The molecule has 5 rings (SSSR count). The van der Waals surface area contributed by atoms with Crippen molar-refractivity contribution in [2.45, 2.75) is 30.8 Å². The molecule has 198 valence electrons. The van der Waals surface area contributed by atoms with Crippen LogP contribution in [0, 0.1) is 0 Å². The Morgan fingerprint density at radius 3 is 2.49 bits per heavy atom. The molecule has 0 saturated heterocycles. The molecule has 3 aromatic carbocycles. The predicted octanol–water partition coefficient (Wildman–Crippen LogP) is 5.59. The zero-order valence-electron chi connectivity index (χ0n) is 21.4. The van der Waals surface area contributed by atoms with Gasteiger partial charge in [-0.2, -0.15) is 4.98 Å². The van der Waals surface area contributed by atoms with Crippen molar-refractivity contribution in [2.24, 2.45) is 0 Å². The number of para-hydroxylation sites is 2. The number of carbonyl (C=O) groups excluding carboxylic acids is 1. The number of thioether (sulfide) groups is 1. The molecule has 0 aliphatic carbocycles. The predicted molar refractivity (Wildman–Crippen MR) is 150 cm³/mol. The van der Waals surface area contributed by atoms with Crippen LogP contribution in [0.15, 0.2) is 95.3 Å². The zero-order valence-corrected chi connectivity index (χ0v) is 22.2.